The Morgan fingerprint density at radius 2 is 2.38 bits per heavy atom. The molecule has 13 heavy (non-hydrogen) atoms. The molecular weight excluding hydrogens is 164 g/mol. The van der Waals surface area contributed by atoms with E-state index < -0.39 is 6.10 Å². The van der Waals surface area contributed by atoms with Crippen LogP contribution >= 0.6 is 0 Å². The van der Waals surface area contributed by atoms with E-state index in [1.807, 2.05) is 25.1 Å². The van der Waals surface area contributed by atoms with Gasteiger partial charge in [-0.2, -0.15) is 5.10 Å². The van der Waals surface area contributed by atoms with E-state index in [4.69, 9.17) is 0 Å². The minimum atomic E-state index is -0.399. The highest BCUT2D eigenvalue weighted by Gasteiger charge is 2.09. The lowest BCUT2D eigenvalue weighted by molar-refractivity contribution is 0.175. The number of hydrogen-bond donors (Lipinski definition) is 2. The number of aliphatic hydroxyl groups is 1. The fourth-order valence-corrected chi connectivity index (χ4v) is 1.49. The van der Waals surface area contributed by atoms with Crippen LogP contribution in [-0.4, -0.2) is 15.3 Å². The smallest absolute Gasteiger partial charge is 0.0808 e. The predicted octanol–water partition coefficient (Wildman–Crippen LogP) is 2.01. The molecule has 0 amide bonds. The molecule has 2 N–H and O–H groups in total. The molecule has 0 saturated heterocycles. The molecule has 2 aromatic rings. The van der Waals surface area contributed by atoms with Crippen molar-refractivity contribution in [2.75, 3.05) is 0 Å². The maximum Gasteiger partial charge on any atom is 0.0808 e. The molecule has 0 aliphatic rings. The Hall–Kier alpha value is -1.35. The second kappa shape index (κ2) is 3.18. The van der Waals surface area contributed by atoms with Crippen LogP contribution in [0.1, 0.15) is 25.0 Å². The van der Waals surface area contributed by atoms with Gasteiger partial charge in [-0.25, -0.2) is 0 Å². The number of aromatic nitrogens is 2. The van der Waals surface area contributed by atoms with Crippen LogP contribution in [0.4, 0.5) is 0 Å². The first kappa shape index (κ1) is 8.26. The van der Waals surface area contributed by atoms with E-state index in [9.17, 15) is 5.11 Å². The van der Waals surface area contributed by atoms with Crippen molar-refractivity contribution in [3.8, 4) is 0 Å². The van der Waals surface area contributed by atoms with Gasteiger partial charge in [0.05, 0.1) is 17.8 Å². The molecule has 1 atom stereocenters. The summed E-state index contributed by atoms with van der Waals surface area (Å²) in [6, 6.07) is 5.84. The Bertz CT molecular complexity index is 408. The molecule has 1 heterocycles. The Morgan fingerprint density at radius 1 is 1.54 bits per heavy atom. The van der Waals surface area contributed by atoms with Crippen molar-refractivity contribution in [1.29, 1.82) is 0 Å². The van der Waals surface area contributed by atoms with Crippen LogP contribution in [0.5, 0.6) is 0 Å². The van der Waals surface area contributed by atoms with Gasteiger partial charge in [0.15, 0.2) is 0 Å². The average Bonchev–Trinajstić information content (AvgIpc) is 2.63. The number of rotatable bonds is 2. The SMILES string of the molecule is CCC(O)c1cccc2cn[nH]c12. The highest BCUT2D eigenvalue weighted by molar-refractivity contribution is 5.81. The molecule has 0 spiro atoms. The lowest BCUT2D eigenvalue weighted by Gasteiger charge is -2.08. The molecule has 0 fully saturated rings. The van der Waals surface area contributed by atoms with Gasteiger partial charge in [-0.05, 0) is 6.42 Å². The molecule has 0 radical (unpaired) electrons. The van der Waals surface area contributed by atoms with Crippen molar-refractivity contribution in [3.63, 3.8) is 0 Å². The van der Waals surface area contributed by atoms with Crippen LogP contribution in [-0.2, 0) is 0 Å². The first-order valence-corrected chi connectivity index (χ1v) is 4.43. The van der Waals surface area contributed by atoms with E-state index in [-0.39, 0.29) is 0 Å². The lowest BCUT2D eigenvalue weighted by Crippen LogP contribution is -1.95. The topological polar surface area (TPSA) is 48.9 Å². The number of nitrogens with zero attached hydrogens (tertiary/aromatic N) is 1. The van der Waals surface area contributed by atoms with Crippen molar-refractivity contribution in [1.82, 2.24) is 10.2 Å². The Kier molecular flexibility index (Phi) is 2.02. The van der Waals surface area contributed by atoms with E-state index in [1.54, 1.807) is 6.20 Å². The van der Waals surface area contributed by atoms with Crippen LogP contribution in [0.15, 0.2) is 24.4 Å². The zero-order chi connectivity index (χ0) is 9.26. The zero-order valence-electron chi connectivity index (χ0n) is 7.49. The third-order valence-corrected chi connectivity index (χ3v) is 2.25. The predicted molar refractivity (Wildman–Crippen MR) is 51.3 cm³/mol. The Balaban J connectivity index is 2.60. The van der Waals surface area contributed by atoms with Crippen molar-refractivity contribution < 1.29 is 5.11 Å². The number of nitrogens with one attached hydrogen (secondary N) is 1. The monoisotopic (exact) mass is 176 g/mol. The van der Waals surface area contributed by atoms with Crippen LogP contribution in [0, 0.1) is 0 Å². The average molecular weight is 176 g/mol. The number of aliphatic hydroxyl groups excluding tert-OH is 1. The molecule has 68 valence electrons. The number of hydrogen-bond acceptors (Lipinski definition) is 2. The summed E-state index contributed by atoms with van der Waals surface area (Å²) in [7, 11) is 0. The largest absolute Gasteiger partial charge is 0.388 e. The van der Waals surface area contributed by atoms with Gasteiger partial charge in [-0.1, -0.05) is 25.1 Å². The maximum absolute atomic E-state index is 9.70. The van der Waals surface area contributed by atoms with Crippen LogP contribution in [0.3, 0.4) is 0 Å². The van der Waals surface area contributed by atoms with Gasteiger partial charge < -0.3 is 5.11 Å². The summed E-state index contributed by atoms with van der Waals surface area (Å²) < 4.78 is 0. The second-order valence-electron chi connectivity index (χ2n) is 3.11. The summed E-state index contributed by atoms with van der Waals surface area (Å²) in [6.45, 7) is 1.96. The normalized spacial score (nSPS) is 13.4. The van der Waals surface area contributed by atoms with Crippen molar-refractivity contribution in [2.45, 2.75) is 19.4 Å². The van der Waals surface area contributed by atoms with Gasteiger partial charge in [0, 0.05) is 10.9 Å². The van der Waals surface area contributed by atoms with Gasteiger partial charge in [0.1, 0.15) is 0 Å². The Morgan fingerprint density at radius 3 is 3.15 bits per heavy atom. The third kappa shape index (κ3) is 1.31. The molecule has 0 aliphatic carbocycles. The Labute approximate surface area is 76.4 Å². The van der Waals surface area contributed by atoms with E-state index >= 15 is 0 Å². The van der Waals surface area contributed by atoms with Crippen molar-refractivity contribution in [3.05, 3.63) is 30.0 Å². The summed E-state index contributed by atoms with van der Waals surface area (Å²) >= 11 is 0. The molecule has 0 bridgehead atoms. The lowest BCUT2D eigenvalue weighted by atomic mass is 10.0. The molecule has 3 heteroatoms. The van der Waals surface area contributed by atoms with E-state index in [2.05, 4.69) is 10.2 Å². The number of aromatic amines is 1. The van der Waals surface area contributed by atoms with E-state index in [1.165, 1.54) is 0 Å². The maximum atomic E-state index is 9.70. The quantitative estimate of drug-likeness (QED) is 0.735. The van der Waals surface area contributed by atoms with Crippen LogP contribution in [0.25, 0.3) is 10.9 Å². The molecule has 3 nitrogen and oxygen atoms in total. The van der Waals surface area contributed by atoms with Gasteiger partial charge in [0.25, 0.3) is 0 Å². The summed E-state index contributed by atoms with van der Waals surface area (Å²) in [4.78, 5) is 0. The first-order chi connectivity index (χ1) is 6.33. The first-order valence-electron chi connectivity index (χ1n) is 4.43. The number of para-hydroxylation sites is 1. The molecule has 2 rings (SSSR count). The molecule has 1 aromatic carbocycles. The number of H-pyrrole nitrogens is 1. The summed E-state index contributed by atoms with van der Waals surface area (Å²) in [5, 5.41) is 17.6. The highest BCUT2D eigenvalue weighted by Crippen LogP contribution is 2.23. The fraction of sp³-hybridized carbons (Fsp3) is 0.300. The van der Waals surface area contributed by atoms with E-state index in [0.29, 0.717) is 0 Å². The van der Waals surface area contributed by atoms with Crippen LogP contribution < -0.4 is 0 Å². The number of fused-ring (bicyclic) bond motifs is 1. The third-order valence-electron chi connectivity index (χ3n) is 2.25. The van der Waals surface area contributed by atoms with Gasteiger partial charge in [-0.15, -0.1) is 0 Å². The van der Waals surface area contributed by atoms with Crippen molar-refractivity contribution in [2.24, 2.45) is 0 Å². The highest BCUT2D eigenvalue weighted by atomic mass is 16.3. The summed E-state index contributed by atoms with van der Waals surface area (Å²) in [6.07, 6.45) is 2.09. The molecule has 1 aromatic heterocycles. The molecule has 1 unspecified atom stereocenters. The van der Waals surface area contributed by atoms with Crippen molar-refractivity contribution >= 4 is 10.9 Å². The van der Waals surface area contributed by atoms with E-state index in [0.717, 1.165) is 22.9 Å². The standard InChI is InChI=1S/C10H12N2O/c1-2-9(13)8-5-3-4-7-6-11-12-10(7)8/h3-6,9,13H,2H2,1H3,(H,11,12). The minimum Gasteiger partial charge on any atom is -0.388 e. The fourth-order valence-electron chi connectivity index (χ4n) is 1.49. The summed E-state index contributed by atoms with van der Waals surface area (Å²) in [5.74, 6) is 0. The molecule has 0 saturated carbocycles. The molecular formula is C10H12N2O. The second-order valence-corrected chi connectivity index (χ2v) is 3.11. The minimum absolute atomic E-state index is 0.399. The van der Waals surface area contributed by atoms with Gasteiger partial charge >= 0.3 is 0 Å². The number of benzene rings is 1. The molecule has 0 aliphatic heterocycles. The van der Waals surface area contributed by atoms with Crippen LogP contribution in [0.2, 0.25) is 0 Å². The van der Waals surface area contributed by atoms with Gasteiger partial charge in [-0.3, -0.25) is 5.10 Å². The van der Waals surface area contributed by atoms with Gasteiger partial charge in [0.2, 0.25) is 0 Å². The summed E-state index contributed by atoms with van der Waals surface area (Å²) in [5.41, 5.74) is 1.87. The zero-order valence-corrected chi connectivity index (χ0v) is 7.49.